The fourth-order valence-corrected chi connectivity index (χ4v) is 1.69. The molecular formula is C12H15ClN4. The Morgan fingerprint density at radius 1 is 1.47 bits per heavy atom. The third-order valence-corrected chi connectivity index (χ3v) is 2.52. The van der Waals surface area contributed by atoms with Crippen molar-refractivity contribution in [3.05, 3.63) is 41.3 Å². The Bertz CT molecular complexity index is 481. The lowest BCUT2D eigenvalue weighted by molar-refractivity contribution is 0.686. The fraction of sp³-hybridized carbons (Fsp3) is 0.333. The van der Waals surface area contributed by atoms with Crippen LogP contribution in [0.1, 0.15) is 18.9 Å². The molecule has 2 rings (SSSR count). The normalized spacial score (nSPS) is 10.5. The number of hydrogen-bond acceptors (Lipinski definition) is 3. The van der Waals surface area contributed by atoms with Crippen LogP contribution in [0.15, 0.2) is 30.7 Å². The van der Waals surface area contributed by atoms with E-state index in [4.69, 9.17) is 11.6 Å². The summed E-state index contributed by atoms with van der Waals surface area (Å²) in [6.45, 7) is 3.77. The summed E-state index contributed by atoms with van der Waals surface area (Å²) >= 11 is 5.82. The Morgan fingerprint density at radius 2 is 2.35 bits per heavy atom. The molecular weight excluding hydrogens is 236 g/mol. The maximum atomic E-state index is 5.82. The second-order valence-corrected chi connectivity index (χ2v) is 4.27. The van der Waals surface area contributed by atoms with Gasteiger partial charge in [-0.1, -0.05) is 18.5 Å². The minimum Gasteiger partial charge on any atom is -0.370 e. The van der Waals surface area contributed by atoms with Crippen LogP contribution < -0.4 is 5.32 Å². The monoisotopic (exact) mass is 250 g/mol. The SMILES string of the molecule is CCCNc1cc(Cn2cc(Cl)cn2)ccn1. The van der Waals surface area contributed by atoms with Gasteiger partial charge in [-0.05, 0) is 24.1 Å². The molecule has 0 saturated heterocycles. The van der Waals surface area contributed by atoms with Gasteiger partial charge >= 0.3 is 0 Å². The Kier molecular flexibility index (Phi) is 3.98. The standard InChI is InChI=1S/C12H15ClN4/c1-2-4-14-12-6-10(3-5-15-12)8-17-9-11(13)7-16-17/h3,5-7,9H,2,4,8H2,1H3,(H,14,15). The average Bonchev–Trinajstić information content (AvgIpc) is 2.73. The molecule has 0 aromatic carbocycles. The van der Waals surface area contributed by atoms with Crippen molar-refractivity contribution in [2.24, 2.45) is 0 Å². The van der Waals surface area contributed by atoms with E-state index in [0.717, 1.165) is 24.3 Å². The topological polar surface area (TPSA) is 42.7 Å². The van der Waals surface area contributed by atoms with Crippen molar-refractivity contribution < 1.29 is 0 Å². The molecule has 0 atom stereocenters. The van der Waals surface area contributed by atoms with Gasteiger partial charge in [0.1, 0.15) is 5.82 Å². The molecule has 0 unspecified atom stereocenters. The van der Waals surface area contributed by atoms with E-state index in [0.29, 0.717) is 11.6 Å². The van der Waals surface area contributed by atoms with Crippen LogP contribution in [0.25, 0.3) is 0 Å². The molecule has 0 spiro atoms. The molecule has 0 amide bonds. The van der Waals surface area contributed by atoms with Crippen LogP contribution in [0.4, 0.5) is 5.82 Å². The number of hydrogen-bond donors (Lipinski definition) is 1. The van der Waals surface area contributed by atoms with Gasteiger partial charge < -0.3 is 5.32 Å². The predicted octanol–water partition coefficient (Wildman–Crippen LogP) is 2.80. The first-order valence-corrected chi connectivity index (χ1v) is 6.02. The number of rotatable bonds is 5. The van der Waals surface area contributed by atoms with Crippen molar-refractivity contribution in [1.82, 2.24) is 14.8 Å². The van der Waals surface area contributed by atoms with Crippen LogP contribution in [0, 0.1) is 0 Å². The van der Waals surface area contributed by atoms with Crippen LogP contribution >= 0.6 is 11.6 Å². The number of halogens is 1. The van der Waals surface area contributed by atoms with Gasteiger partial charge in [0.2, 0.25) is 0 Å². The lowest BCUT2D eigenvalue weighted by Crippen LogP contribution is -2.04. The highest BCUT2D eigenvalue weighted by molar-refractivity contribution is 6.30. The van der Waals surface area contributed by atoms with E-state index in [1.807, 2.05) is 12.1 Å². The summed E-state index contributed by atoms with van der Waals surface area (Å²) in [5, 5.41) is 8.06. The van der Waals surface area contributed by atoms with Crippen LogP contribution in [-0.4, -0.2) is 21.3 Å². The van der Waals surface area contributed by atoms with Crippen LogP contribution in [0.5, 0.6) is 0 Å². The van der Waals surface area contributed by atoms with Gasteiger partial charge in [0.15, 0.2) is 0 Å². The number of anilines is 1. The summed E-state index contributed by atoms with van der Waals surface area (Å²) in [5.74, 6) is 0.905. The Labute approximate surface area is 106 Å². The second kappa shape index (κ2) is 5.68. The van der Waals surface area contributed by atoms with Crippen LogP contribution in [0.2, 0.25) is 5.02 Å². The molecule has 2 heterocycles. The number of pyridine rings is 1. The van der Waals surface area contributed by atoms with Gasteiger partial charge in [-0.3, -0.25) is 4.68 Å². The first-order chi connectivity index (χ1) is 8.28. The third kappa shape index (κ3) is 3.46. The summed E-state index contributed by atoms with van der Waals surface area (Å²) < 4.78 is 1.81. The molecule has 0 bridgehead atoms. The van der Waals surface area contributed by atoms with Gasteiger partial charge in [-0.25, -0.2) is 4.98 Å². The first-order valence-electron chi connectivity index (χ1n) is 5.64. The Hall–Kier alpha value is -1.55. The largest absolute Gasteiger partial charge is 0.370 e. The predicted molar refractivity (Wildman–Crippen MR) is 69.4 cm³/mol. The molecule has 0 saturated carbocycles. The summed E-state index contributed by atoms with van der Waals surface area (Å²) in [4.78, 5) is 4.26. The van der Waals surface area contributed by atoms with Gasteiger partial charge in [0, 0.05) is 18.9 Å². The third-order valence-electron chi connectivity index (χ3n) is 2.33. The van der Waals surface area contributed by atoms with E-state index in [-0.39, 0.29) is 0 Å². The minimum atomic E-state index is 0.656. The maximum Gasteiger partial charge on any atom is 0.126 e. The van der Waals surface area contributed by atoms with Crippen molar-refractivity contribution in [1.29, 1.82) is 0 Å². The zero-order chi connectivity index (χ0) is 12.1. The highest BCUT2D eigenvalue weighted by atomic mass is 35.5. The lowest BCUT2D eigenvalue weighted by Gasteiger charge is -2.06. The maximum absolute atomic E-state index is 5.82. The molecule has 2 aromatic rings. The van der Waals surface area contributed by atoms with E-state index < -0.39 is 0 Å². The van der Waals surface area contributed by atoms with E-state index in [2.05, 4.69) is 22.3 Å². The molecule has 5 heteroatoms. The highest BCUT2D eigenvalue weighted by Crippen LogP contribution is 2.10. The second-order valence-electron chi connectivity index (χ2n) is 3.83. The summed E-state index contributed by atoms with van der Waals surface area (Å²) in [5.41, 5.74) is 1.15. The van der Waals surface area contributed by atoms with E-state index in [9.17, 15) is 0 Å². The van der Waals surface area contributed by atoms with E-state index in [1.165, 1.54) is 0 Å². The van der Waals surface area contributed by atoms with Crippen LogP contribution in [0.3, 0.4) is 0 Å². The van der Waals surface area contributed by atoms with Crippen molar-refractivity contribution in [2.45, 2.75) is 19.9 Å². The van der Waals surface area contributed by atoms with Gasteiger partial charge in [-0.2, -0.15) is 5.10 Å². The minimum absolute atomic E-state index is 0.656. The fourth-order valence-electron chi connectivity index (χ4n) is 1.53. The van der Waals surface area contributed by atoms with Crippen LogP contribution in [-0.2, 0) is 6.54 Å². The average molecular weight is 251 g/mol. The molecule has 0 fully saturated rings. The molecule has 0 aliphatic heterocycles. The van der Waals surface area contributed by atoms with Gasteiger partial charge in [-0.15, -0.1) is 0 Å². The Balaban J connectivity index is 2.05. The van der Waals surface area contributed by atoms with Gasteiger partial charge in [0.05, 0.1) is 17.8 Å². The molecule has 0 aliphatic rings. The quantitative estimate of drug-likeness (QED) is 0.887. The number of nitrogens with one attached hydrogen (secondary N) is 1. The van der Waals surface area contributed by atoms with Crippen molar-refractivity contribution in [2.75, 3.05) is 11.9 Å². The lowest BCUT2D eigenvalue weighted by atomic mass is 10.2. The molecule has 4 nitrogen and oxygen atoms in total. The summed E-state index contributed by atoms with van der Waals surface area (Å²) in [6.07, 6.45) is 6.33. The number of aromatic nitrogens is 3. The zero-order valence-electron chi connectivity index (χ0n) is 9.73. The first kappa shape index (κ1) is 11.9. The van der Waals surface area contributed by atoms with E-state index in [1.54, 1.807) is 23.3 Å². The van der Waals surface area contributed by atoms with E-state index >= 15 is 0 Å². The summed E-state index contributed by atoms with van der Waals surface area (Å²) in [7, 11) is 0. The molecule has 0 radical (unpaired) electrons. The molecule has 90 valence electrons. The highest BCUT2D eigenvalue weighted by Gasteiger charge is 2.00. The molecule has 17 heavy (non-hydrogen) atoms. The summed E-state index contributed by atoms with van der Waals surface area (Å²) in [6, 6.07) is 4.01. The molecule has 1 N–H and O–H groups in total. The molecule has 2 aromatic heterocycles. The van der Waals surface area contributed by atoms with Gasteiger partial charge in [0.25, 0.3) is 0 Å². The smallest absolute Gasteiger partial charge is 0.126 e. The van der Waals surface area contributed by atoms with Crippen molar-refractivity contribution in [3.8, 4) is 0 Å². The van der Waals surface area contributed by atoms with Crippen molar-refractivity contribution >= 4 is 17.4 Å². The number of nitrogens with zero attached hydrogens (tertiary/aromatic N) is 3. The molecule has 0 aliphatic carbocycles. The van der Waals surface area contributed by atoms with Crippen molar-refractivity contribution in [3.63, 3.8) is 0 Å². The zero-order valence-corrected chi connectivity index (χ0v) is 10.5. The Morgan fingerprint density at radius 3 is 3.06 bits per heavy atom.